The molecule has 0 aliphatic carbocycles. The first-order valence-corrected chi connectivity index (χ1v) is 9.82. The third-order valence-electron chi connectivity index (χ3n) is 4.56. The molecule has 0 spiro atoms. The number of hydrogen-bond acceptors (Lipinski definition) is 6. The van der Waals surface area contributed by atoms with Crippen molar-refractivity contribution in [2.45, 2.75) is 0 Å². The number of rotatable bonds is 6. The van der Waals surface area contributed by atoms with E-state index in [-0.39, 0.29) is 11.3 Å². The Kier molecular flexibility index (Phi) is 5.24. The Morgan fingerprint density at radius 1 is 0.933 bits per heavy atom. The molecule has 0 unspecified atom stereocenters. The second kappa shape index (κ2) is 8.00. The quantitative estimate of drug-likeness (QED) is 0.598. The maximum absolute atomic E-state index is 13.3. The summed E-state index contributed by atoms with van der Waals surface area (Å²) in [6.07, 6.45) is 0. The smallest absolute Gasteiger partial charge is 0.282 e. The van der Waals surface area contributed by atoms with E-state index in [2.05, 4.69) is 5.32 Å². The lowest BCUT2D eigenvalue weighted by molar-refractivity contribution is -0.120. The van der Waals surface area contributed by atoms with Gasteiger partial charge >= 0.3 is 0 Å². The van der Waals surface area contributed by atoms with Gasteiger partial charge in [-0.3, -0.25) is 9.59 Å². The summed E-state index contributed by atoms with van der Waals surface area (Å²) in [5, 5.41) is 4.89. The zero-order chi connectivity index (χ0) is 21.3. The molecule has 2 amide bonds. The fourth-order valence-electron chi connectivity index (χ4n) is 3.14. The predicted octanol–water partition coefficient (Wildman–Crippen LogP) is 4.30. The van der Waals surface area contributed by atoms with Crippen LogP contribution in [0.2, 0.25) is 0 Å². The number of nitrogens with zero attached hydrogens (tertiary/aromatic N) is 1. The van der Waals surface area contributed by atoms with Crippen LogP contribution in [0.15, 0.2) is 65.7 Å². The molecule has 2 heterocycles. The largest absolute Gasteiger partial charge is 0.497 e. The van der Waals surface area contributed by atoms with Crippen molar-refractivity contribution in [3.63, 3.8) is 0 Å². The lowest BCUT2D eigenvalue weighted by Gasteiger charge is -2.15. The van der Waals surface area contributed by atoms with E-state index < -0.39 is 17.6 Å². The van der Waals surface area contributed by atoms with Crippen LogP contribution in [0.1, 0.15) is 4.88 Å². The van der Waals surface area contributed by atoms with Crippen molar-refractivity contribution in [2.24, 2.45) is 0 Å². The first-order chi connectivity index (χ1) is 14.5. The van der Waals surface area contributed by atoms with E-state index in [0.29, 0.717) is 27.8 Å². The van der Waals surface area contributed by atoms with Crippen molar-refractivity contribution in [3.8, 4) is 11.5 Å². The Bertz CT molecular complexity index is 1120. The van der Waals surface area contributed by atoms with Crippen molar-refractivity contribution in [2.75, 3.05) is 24.4 Å². The van der Waals surface area contributed by atoms with E-state index in [9.17, 15) is 14.0 Å². The van der Waals surface area contributed by atoms with Gasteiger partial charge in [-0.15, -0.1) is 11.3 Å². The average Bonchev–Trinajstić information content (AvgIpc) is 3.35. The van der Waals surface area contributed by atoms with Gasteiger partial charge in [0.15, 0.2) is 0 Å². The van der Waals surface area contributed by atoms with Gasteiger partial charge in [-0.25, -0.2) is 9.29 Å². The SMILES string of the molecule is COc1cc(NC2=C(c3cccs3)C(=O)N(c3ccc(F)cc3)C2=O)cc(OC)c1. The monoisotopic (exact) mass is 424 g/mol. The van der Waals surface area contributed by atoms with Crippen LogP contribution >= 0.6 is 11.3 Å². The number of thiophene rings is 1. The summed E-state index contributed by atoms with van der Waals surface area (Å²) in [4.78, 5) is 28.2. The summed E-state index contributed by atoms with van der Waals surface area (Å²) >= 11 is 1.35. The van der Waals surface area contributed by atoms with Gasteiger partial charge in [0.05, 0.1) is 25.5 Å². The van der Waals surface area contributed by atoms with Crippen LogP contribution in [0.3, 0.4) is 0 Å². The Morgan fingerprint density at radius 2 is 1.60 bits per heavy atom. The van der Waals surface area contributed by atoms with Gasteiger partial charge in [-0.1, -0.05) is 6.07 Å². The van der Waals surface area contributed by atoms with Gasteiger partial charge in [-0.05, 0) is 35.7 Å². The number of methoxy groups -OCH3 is 2. The second-order valence-corrected chi connectivity index (χ2v) is 7.32. The number of hydrogen-bond donors (Lipinski definition) is 1. The van der Waals surface area contributed by atoms with Crippen molar-refractivity contribution < 1.29 is 23.5 Å². The fraction of sp³-hybridized carbons (Fsp3) is 0.0909. The van der Waals surface area contributed by atoms with Crippen LogP contribution in [-0.2, 0) is 9.59 Å². The van der Waals surface area contributed by atoms with E-state index in [0.717, 1.165) is 4.90 Å². The van der Waals surface area contributed by atoms with Crippen molar-refractivity contribution >= 4 is 40.1 Å². The van der Waals surface area contributed by atoms with Crippen LogP contribution in [0.5, 0.6) is 11.5 Å². The summed E-state index contributed by atoms with van der Waals surface area (Å²) in [7, 11) is 3.05. The van der Waals surface area contributed by atoms with Crippen LogP contribution in [0.4, 0.5) is 15.8 Å². The number of ether oxygens (including phenoxy) is 2. The number of nitrogens with one attached hydrogen (secondary N) is 1. The van der Waals surface area contributed by atoms with Gasteiger partial charge in [0.25, 0.3) is 11.8 Å². The first-order valence-electron chi connectivity index (χ1n) is 8.94. The molecule has 0 saturated heterocycles. The number of halogens is 1. The van der Waals surface area contributed by atoms with E-state index in [4.69, 9.17) is 9.47 Å². The Labute approximate surface area is 176 Å². The number of carbonyl (C=O) groups excluding carboxylic acids is 2. The lowest BCUT2D eigenvalue weighted by atomic mass is 10.1. The highest BCUT2D eigenvalue weighted by molar-refractivity contribution is 7.11. The standard InChI is InChI=1S/C22H17FN2O4S/c1-28-16-10-14(11-17(12-16)29-2)24-20-19(18-4-3-9-30-18)21(26)25(22(20)27)15-7-5-13(23)6-8-15/h3-12,24H,1-2H3. The molecule has 3 aromatic rings. The molecule has 8 heteroatoms. The number of amides is 2. The number of anilines is 2. The summed E-state index contributed by atoms with van der Waals surface area (Å²) in [5.41, 5.74) is 1.20. The topological polar surface area (TPSA) is 67.9 Å². The predicted molar refractivity (Wildman–Crippen MR) is 113 cm³/mol. The number of imide groups is 1. The highest BCUT2D eigenvalue weighted by Crippen LogP contribution is 2.36. The Balaban J connectivity index is 1.79. The van der Waals surface area contributed by atoms with E-state index in [1.165, 1.54) is 49.8 Å². The molecule has 0 atom stereocenters. The summed E-state index contributed by atoms with van der Waals surface area (Å²) in [6, 6.07) is 13.9. The zero-order valence-corrected chi connectivity index (χ0v) is 17.0. The molecule has 30 heavy (non-hydrogen) atoms. The average molecular weight is 424 g/mol. The first kappa shape index (κ1) is 19.7. The summed E-state index contributed by atoms with van der Waals surface area (Å²) in [5.74, 6) is -0.404. The zero-order valence-electron chi connectivity index (χ0n) is 16.1. The van der Waals surface area contributed by atoms with E-state index in [1.54, 1.807) is 30.3 Å². The molecule has 0 radical (unpaired) electrons. The second-order valence-electron chi connectivity index (χ2n) is 6.38. The maximum atomic E-state index is 13.3. The molecule has 152 valence electrons. The van der Waals surface area contributed by atoms with Gasteiger partial charge < -0.3 is 14.8 Å². The van der Waals surface area contributed by atoms with Gasteiger partial charge in [0, 0.05) is 28.8 Å². The molecule has 1 N–H and O–H groups in total. The molecule has 2 aromatic carbocycles. The third kappa shape index (κ3) is 3.53. The lowest BCUT2D eigenvalue weighted by Crippen LogP contribution is -2.32. The molecule has 1 aliphatic heterocycles. The minimum atomic E-state index is -0.531. The third-order valence-corrected chi connectivity index (χ3v) is 5.44. The summed E-state index contributed by atoms with van der Waals surface area (Å²) < 4.78 is 23.9. The van der Waals surface area contributed by atoms with Crippen LogP contribution in [-0.4, -0.2) is 26.0 Å². The molecule has 1 aromatic heterocycles. The normalized spacial score (nSPS) is 13.8. The van der Waals surface area contributed by atoms with Crippen LogP contribution in [0.25, 0.3) is 5.57 Å². The number of carbonyl (C=O) groups is 2. The van der Waals surface area contributed by atoms with Crippen LogP contribution < -0.4 is 19.7 Å². The fourth-order valence-corrected chi connectivity index (χ4v) is 3.91. The summed E-state index contributed by atoms with van der Waals surface area (Å²) in [6.45, 7) is 0. The van der Waals surface area contributed by atoms with Crippen molar-refractivity contribution in [1.29, 1.82) is 0 Å². The maximum Gasteiger partial charge on any atom is 0.282 e. The molecule has 6 nitrogen and oxygen atoms in total. The van der Waals surface area contributed by atoms with Crippen molar-refractivity contribution in [3.05, 3.63) is 76.4 Å². The molecule has 0 bridgehead atoms. The number of benzene rings is 2. The molecule has 0 fully saturated rings. The minimum absolute atomic E-state index is 0.127. The van der Waals surface area contributed by atoms with Gasteiger partial charge in [0.1, 0.15) is 23.0 Å². The highest BCUT2D eigenvalue weighted by Gasteiger charge is 2.40. The van der Waals surface area contributed by atoms with Gasteiger partial charge in [0.2, 0.25) is 0 Å². The minimum Gasteiger partial charge on any atom is -0.497 e. The van der Waals surface area contributed by atoms with Crippen LogP contribution in [0, 0.1) is 5.82 Å². The van der Waals surface area contributed by atoms with Gasteiger partial charge in [-0.2, -0.15) is 0 Å². The molecule has 1 aliphatic rings. The Hall–Kier alpha value is -3.65. The Morgan fingerprint density at radius 3 is 2.17 bits per heavy atom. The molecule has 4 rings (SSSR count). The van der Waals surface area contributed by atoms with Crippen molar-refractivity contribution in [1.82, 2.24) is 0 Å². The molecular formula is C22H17FN2O4S. The molecule has 0 saturated carbocycles. The van der Waals surface area contributed by atoms with E-state index in [1.807, 2.05) is 5.38 Å². The molecular weight excluding hydrogens is 407 g/mol. The highest BCUT2D eigenvalue weighted by atomic mass is 32.1. The van der Waals surface area contributed by atoms with E-state index >= 15 is 0 Å².